The summed E-state index contributed by atoms with van der Waals surface area (Å²) >= 11 is 12.1. The lowest BCUT2D eigenvalue weighted by Gasteiger charge is -2.13. The molecule has 0 heterocycles. The van der Waals surface area contributed by atoms with Gasteiger partial charge in [-0.2, -0.15) is 0 Å². The monoisotopic (exact) mass is 383 g/mol. The van der Waals surface area contributed by atoms with Crippen molar-refractivity contribution in [2.75, 3.05) is 4.72 Å². The van der Waals surface area contributed by atoms with Crippen molar-refractivity contribution in [3.63, 3.8) is 0 Å². The third-order valence-electron chi connectivity index (χ3n) is 3.60. The van der Waals surface area contributed by atoms with Crippen LogP contribution in [0.4, 0.5) is 10.1 Å². The summed E-state index contributed by atoms with van der Waals surface area (Å²) in [5, 5.41) is 1.43. The number of aryl methyl sites for hydroxylation is 1. The number of nitrogens with one attached hydrogen (secondary N) is 1. The van der Waals surface area contributed by atoms with Gasteiger partial charge in [0.15, 0.2) is 0 Å². The summed E-state index contributed by atoms with van der Waals surface area (Å²) in [7, 11) is -3.96. The first kappa shape index (κ1) is 17.0. The lowest BCUT2D eigenvalue weighted by Crippen LogP contribution is -2.14. The van der Waals surface area contributed by atoms with Gasteiger partial charge in [0, 0.05) is 10.4 Å². The second kappa shape index (κ2) is 6.24. The van der Waals surface area contributed by atoms with Crippen molar-refractivity contribution in [1.29, 1.82) is 0 Å². The van der Waals surface area contributed by atoms with Crippen LogP contribution in [0.2, 0.25) is 10.0 Å². The molecule has 0 aliphatic heterocycles. The van der Waals surface area contributed by atoms with Gasteiger partial charge < -0.3 is 0 Å². The fourth-order valence-corrected chi connectivity index (χ4v) is 4.34. The Kier molecular flexibility index (Phi) is 4.42. The van der Waals surface area contributed by atoms with E-state index in [0.29, 0.717) is 15.8 Å². The maximum Gasteiger partial charge on any atom is 0.262 e. The fraction of sp³-hybridized carbons (Fsp3) is 0.0588. The molecule has 1 N–H and O–H groups in total. The maximum atomic E-state index is 13.5. The van der Waals surface area contributed by atoms with Crippen molar-refractivity contribution in [3.8, 4) is 0 Å². The number of fused-ring (bicyclic) bond motifs is 1. The van der Waals surface area contributed by atoms with Crippen LogP contribution in [0.3, 0.4) is 0 Å². The Balaban J connectivity index is 2.15. The van der Waals surface area contributed by atoms with Crippen LogP contribution in [0.1, 0.15) is 5.56 Å². The van der Waals surface area contributed by atoms with Crippen LogP contribution in [-0.4, -0.2) is 8.42 Å². The SMILES string of the molecule is Cc1cc(NS(=O)(=O)c2cccc3cccc(Cl)c23)c(Cl)cc1F. The number of hydrogen-bond acceptors (Lipinski definition) is 2. The Morgan fingerprint density at radius 1 is 1.00 bits per heavy atom. The first-order chi connectivity index (χ1) is 11.3. The molecule has 3 aromatic carbocycles. The Bertz CT molecular complexity index is 1050. The van der Waals surface area contributed by atoms with Gasteiger partial charge in [0.05, 0.1) is 15.6 Å². The highest BCUT2D eigenvalue weighted by molar-refractivity contribution is 7.93. The van der Waals surface area contributed by atoms with E-state index in [-0.39, 0.29) is 21.2 Å². The molecule has 0 atom stereocenters. The smallest absolute Gasteiger partial charge is 0.262 e. The zero-order valence-electron chi connectivity index (χ0n) is 12.5. The minimum Gasteiger partial charge on any atom is -0.278 e. The summed E-state index contributed by atoms with van der Waals surface area (Å²) in [6.45, 7) is 1.53. The van der Waals surface area contributed by atoms with Crippen molar-refractivity contribution in [2.45, 2.75) is 11.8 Å². The van der Waals surface area contributed by atoms with Crippen LogP contribution in [-0.2, 0) is 10.0 Å². The van der Waals surface area contributed by atoms with E-state index in [1.165, 1.54) is 19.1 Å². The van der Waals surface area contributed by atoms with Gasteiger partial charge in [-0.25, -0.2) is 12.8 Å². The molecule has 0 unspecified atom stereocenters. The third-order valence-corrected chi connectivity index (χ3v) is 5.63. The first-order valence-electron chi connectivity index (χ1n) is 6.95. The molecule has 3 rings (SSSR count). The molecule has 0 amide bonds. The largest absolute Gasteiger partial charge is 0.278 e. The van der Waals surface area contributed by atoms with E-state index in [1.54, 1.807) is 30.3 Å². The maximum absolute atomic E-state index is 13.5. The van der Waals surface area contributed by atoms with Gasteiger partial charge in [0.25, 0.3) is 10.0 Å². The zero-order valence-corrected chi connectivity index (χ0v) is 14.8. The summed E-state index contributed by atoms with van der Waals surface area (Å²) in [6, 6.07) is 12.4. The highest BCUT2D eigenvalue weighted by Crippen LogP contribution is 2.32. The van der Waals surface area contributed by atoms with Crippen molar-refractivity contribution in [1.82, 2.24) is 0 Å². The molecule has 0 fully saturated rings. The molecule has 0 bridgehead atoms. The average Bonchev–Trinajstić information content (AvgIpc) is 2.52. The van der Waals surface area contributed by atoms with Gasteiger partial charge in [-0.1, -0.05) is 47.5 Å². The Morgan fingerprint density at radius 2 is 1.67 bits per heavy atom. The van der Waals surface area contributed by atoms with Gasteiger partial charge >= 0.3 is 0 Å². The Morgan fingerprint density at radius 3 is 2.38 bits per heavy atom. The summed E-state index contributed by atoms with van der Waals surface area (Å²) < 4.78 is 41.5. The summed E-state index contributed by atoms with van der Waals surface area (Å²) in [6.07, 6.45) is 0. The van der Waals surface area contributed by atoms with Crippen molar-refractivity contribution in [3.05, 3.63) is 70.0 Å². The molecule has 0 saturated heterocycles. The van der Waals surface area contributed by atoms with Gasteiger partial charge in [0.1, 0.15) is 5.82 Å². The van der Waals surface area contributed by atoms with E-state index in [9.17, 15) is 12.8 Å². The van der Waals surface area contributed by atoms with Crippen molar-refractivity contribution >= 4 is 49.7 Å². The van der Waals surface area contributed by atoms with Crippen molar-refractivity contribution in [2.24, 2.45) is 0 Å². The number of anilines is 1. The molecular formula is C17H12Cl2FNO2S. The first-order valence-corrected chi connectivity index (χ1v) is 9.19. The molecule has 0 aromatic heterocycles. The topological polar surface area (TPSA) is 46.2 Å². The molecule has 3 aromatic rings. The Labute approximate surface area is 149 Å². The molecule has 3 nitrogen and oxygen atoms in total. The average molecular weight is 384 g/mol. The van der Waals surface area contributed by atoms with Gasteiger partial charge in [-0.15, -0.1) is 0 Å². The van der Waals surface area contributed by atoms with Gasteiger partial charge in [-0.3, -0.25) is 4.72 Å². The van der Waals surface area contributed by atoms with Crippen LogP contribution in [0.15, 0.2) is 53.4 Å². The number of benzene rings is 3. The quantitative estimate of drug-likeness (QED) is 0.658. The second-order valence-corrected chi connectivity index (χ2v) is 7.75. The predicted molar refractivity (Wildman–Crippen MR) is 95.9 cm³/mol. The van der Waals surface area contributed by atoms with Crippen LogP contribution in [0.5, 0.6) is 0 Å². The molecule has 0 aliphatic rings. The van der Waals surface area contributed by atoms with Crippen molar-refractivity contribution < 1.29 is 12.8 Å². The Hall–Kier alpha value is -1.82. The number of sulfonamides is 1. The van der Waals surface area contributed by atoms with Crippen LogP contribution in [0.25, 0.3) is 10.8 Å². The van der Waals surface area contributed by atoms with Crippen LogP contribution >= 0.6 is 23.2 Å². The molecule has 0 radical (unpaired) electrons. The minimum absolute atomic E-state index is 0.0204. The highest BCUT2D eigenvalue weighted by Gasteiger charge is 2.20. The molecule has 0 saturated carbocycles. The second-order valence-electron chi connectivity index (χ2n) is 5.28. The molecule has 124 valence electrons. The molecule has 0 aliphatic carbocycles. The molecule has 0 spiro atoms. The number of rotatable bonds is 3. The summed E-state index contributed by atoms with van der Waals surface area (Å²) in [4.78, 5) is 0.0312. The lowest BCUT2D eigenvalue weighted by molar-refractivity contribution is 0.601. The van der Waals surface area contributed by atoms with Gasteiger partial charge in [-0.05, 0) is 42.1 Å². The van der Waals surface area contributed by atoms with Crippen LogP contribution < -0.4 is 4.72 Å². The van der Waals surface area contributed by atoms with E-state index in [1.807, 2.05) is 0 Å². The van der Waals surface area contributed by atoms with E-state index in [2.05, 4.69) is 4.72 Å². The molecule has 24 heavy (non-hydrogen) atoms. The van der Waals surface area contributed by atoms with E-state index in [0.717, 1.165) is 6.07 Å². The van der Waals surface area contributed by atoms with E-state index >= 15 is 0 Å². The summed E-state index contributed by atoms with van der Waals surface area (Å²) in [5.41, 5.74) is 0.396. The number of hydrogen-bond donors (Lipinski definition) is 1. The zero-order chi connectivity index (χ0) is 17.5. The molecular weight excluding hydrogens is 372 g/mol. The fourth-order valence-electron chi connectivity index (χ4n) is 2.42. The van der Waals surface area contributed by atoms with Crippen LogP contribution in [0, 0.1) is 12.7 Å². The number of halogens is 3. The predicted octanol–water partition coefficient (Wildman–Crippen LogP) is 5.39. The highest BCUT2D eigenvalue weighted by atomic mass is 35.5. The minimum atomic E-state index is -3.96. The van der Waals surface area contributed by atoms with Gasteiger partial charge in [0.2, 0.25) is 0 Å². The lowest BCUT2D eigenvalue weighted by atomic mass is 10.1. The normalized spacial score (nSPS) is 11.7. The molecule has 7 heteroatoms. The van der Waals surface area contributed by atoms with E-state index < -0.39 is 15.8 Å². The van der Waals surface area contributed by atoms with E-state index in [4.69, 9.17) is 23.2 Å². The third kappa shape index (κ3) is 3.07. The summed E-state index contributed by atoms with van der Waals surface area (Å²) in [5.74, 6) is -0.504. The standard InChI is InChI=1S/C17H12Cl2FNO2S/c1-10-8-15(13(19)9-14(10)20)21-24(22,23)16-7-3-5-11-4-2-6-12(18)17(11)16/h2-9,21H,1H3.